The van der Waals surface area contributed by atoms with Crippen molar-refractivity contribution in [3.8, 4) is 0 Å². The minimum absolute atomic E-state index is 0.597. The van der Waals surface area contributed by atoms with Gasteiger partial charge in [0, 0.05) is 26.3 Å². The van der Waals surface area contributed by atoms with Crippen LogP contribution in [0.15, 0.2) is 0 Å². The number of nitrogens with two attached hydrogens (primary N) is 2. The molecule has 0 amide bonds. The molecule has 0 aliphatic heterocycles. The van der Waals surface area contributed by atoms with Gasteiger partial charge in [0.15, 0.2) is 0 Å². The van der Waals surface area contributed by atoms with Crippen LogP contribution < -0.4 is 11.5 Å². The van der Waals surface area contributed by atoms with Crippen LogP contribution in [0.5, 0.6) is 0 Å². The van der Waals surface area contributed by atoms with Crippen LogP contribution in [0.1, 0.15) is 27.2 Å². The third-order valence-electron chi connectivity index (χ3n) is 1.77. The van der Waals surface area contributed by atoms with E-state index in [2.05, 4.69) is 13.5 Å². The van der Waals surface area contributed by atoms with E-state index in [0.717, 1.165) is 25.7 Å². The molecule has 0 bridgehead atoms. The van der Waals surface area contributed by atoms with Gasteiger partial charge < -0.3 is 20.3 Å². The molecule has 15 heavy (non-hydrogen) atoms. The van der Waals surface area contributed by atoms with Crippen LogP contribution in [0.25, 0.3) is 0 Å². The zero-order chi connectivity index (χ0) is 12.2. The molecule has 0 aliphatic carbocycles. The highest BCUT2D eigenvalue weighted by Crippen LogP contribution is 2.14. The summed E-state index contributed by atoms with van der Waals surface area (Å²) in [5.41, 5.74) is 9.81. The molecular weight excluding hydrogens is 208 g/mol. The standard InChI is InChI=1S/C8H20O2Si.C2H8N2/c1-5-8-11(4,9-6-2)10-7-3;3-1-2-4/h5-8H2,1-4H3;1-4H2. The van der Waals surface area contributed by atoms with Crippen molar-refractivity contribution in [3.63, 3.8) is 0 Å². The number of hydrogen-bond donors (Lipinski definition) is 2. The average molecular weight is 236 g/mol. The van der Waals surface area contributed by atoms with Gasteiger partial charge in [-0.15, -0.1) is 0 Å². The summed E-state index contributed by atoms with van der Waals surface area (Å²) in [6.07, 6.45) is 1.16. The monoisotopic (exact) mass is 236 g/mol. The molecule has 0 radical (unpaired) electrons. The lowest BCUT2D eigenvalue weighted by molar-refractivity contribution is 0.189. The summed E-state index contributed by atoms with van der Waals surface area (Å²) >= 11 is 0. The Morgan fingerprint density at radius 1 is 0.933 bits per heavy atom. The number of hydrogen-bond acceptors (Lipinski definition) is 4. The lowest BCUT2D eigenvalue weighted by Crippen LogP contribution is -2.38. The van der Waals surface area contributed by atoms with E-state index in [-0.39, 0.29) is 0 Å². The van der Waals surface area contributed by atoms with Gasteiger partial charge in [0.2, 0.25) is 0 Å². The highest BCUT2D eigenvalue weighted by Gasteiger charge is 2.28. The Hall–Kier alpha value is 0.0569. The summed E-state index contributed by atoms with van der Waals surface area (Å²) in [6, 6.07) is 1.11. The maximum atomic E-state index is 5.63. The lowest BCUT2D eigenvalue weighted by Gasteiger charge is -2.25. The summed E-state index contributed by atoms with van der Waals surface area (Å²) in [5, 5.41) is 0. The van der Waals surface area contributed by atoms with Crippen LogP contribution in [0.3, 0.4) is 0 Å². The van der Waals surface area contributed by atoms with E-state index < -0.39 is 8.56 Å². The Kier molecular flexibility index (Phi) is 14.1. The van der Waals surface area contributed by atoms with Crippen LogP contribution in [-0.4, -0.2) is 34.9 Å². The van der Waals surface area contributed by atoms with Gasteiger partial charge in [0.1, 0.15) is 0 Å². The lowest BCUT2D eigenvalue weighted by atomic mass is 10.6. The molecule has 0 saturated carbocycles. The molecule has 0 heterocycles. The summed E-state index contributed by atoms with van der Waals surface area (Å²) < 4.78 is 11.3. The normalized spacial score (nSPS) is 10.8. The van der Waals surface area contributed by atoms with Crippen molar-refractivity contribution in [1.82, 2.24) is 0 Å². The Morgan fingerprint density at radius 2 is 1.33 bits per heavy atom. The first-order valence-corrected chi connectivity index (χ1v) is 8.30. The maximum absolute atomic E-state index is 5.63. The molecule has 0 atom stereocenters. The van der Waals surface area contributed by atoms with Gasteiger partial charge in [0.25, 0.3) is 0 Å². The molecule has 0 aliphatic rings. The molecule has 4 N–H and O–H groups in total. The highest BCUT2D eigenvalue weighted by atomic mass is 28.4. The molecule has 94 valence electrons. The van der Waals surface area contributed by atoms with E-state index in [4.69, 9.17) is 20.3 Å². The minimum atomic E-state index is -1.75. The summed E-state index contributed by atoms with van der Waals surface area (Å²) in [5.74, 6) is 0. The summed E-state index contributed by atoms with van der Waals surface area (Å²) in [6.45, 7) is 11.1. The topological polar surface area (TPSA) is 70.5 Å². The fourth-order valence-electron chi connectivity index (χ4n) is 1.25. The van der Waals surface area contributed by atoms with E-state index in [9.17, 15) is 0 Å². The van der Waals surface area contributed by atoms with E-state index in [0.29, 0.717) is 13.1 Å². The van der Waals surface area contributed by atoms with Gasteiger partial charge in [-0.05, 0) is 26.4 Å². The predicted octanol–water partition coefficient (Wildman–Crippen LogP) is 1.45. The second-order valence-electron chi connectivity index (χ2n) is 3.33. The van der Waals surface area contributed by atoms with E-state index >= 15 is 0 Å². The van der Waals surface area contributed by atoms with Gasteiger partial charge in [-0.3, -0.25) is 0 Å². The maximum Gasteiger partial charge on any atom is 0.334 e. The fourth-order valence-corrected chi connectivity index (χ4v) is 3.75. The molecule has 0 spiro atoms. The smallest absolute Gasteiger partial charge is 0.334 e. The SMILES string of the molecule is CCC[Si](C)(OCC)OCC.NCCN. The predicted molar refractivity (Wildman–Crippen MR) is 68.1 cm³/mol. The zero-order valence-electron chi connectivity index (χ0n) is 10.7. The minimum Gasteiger partial charge on any atom is -0.395 e. The van der Waals surface area contributed by atoms with E-state index in [1.165, 1.54) is 0 Å². The largest absolute Gasteiger partial charge is 0.395 e. The van der Waals surface area contributed by atoms with E-state index in [1.807, 2.05) is 13.8 Å². The first-order valence-electron chi connectivity index (χ1n) is 5.78. The van der Waals surface area contributed by atoms with E-state index in [1.54, 1.807) is 0 Å². The van der Waals surface area contributed by atoms with Crippen molar-refractivity contribution in [3.05, 3.63) is 0 Å². The average Bonchev–Trinajstić information content (AvgIpc) is 2.19. The van der Waals surface area contributed by atoms with Crippen molar-refractivity contribution in [2.24, 2.45) is 11.5 Å². The molecule has 0 aromatic rings. The van der Waals surface area contributed by atoms with Crippen molar-refractivity contribution in [1.29, 1.82) is 0 Å². The summed E-state index contributed by atoms with van der Waals surface area (Å²) in [7, 11) is -1.75. The Bertz CT molecular complexity index is 107. The van der Waals surface area contributed by atoms with Gasteiger partial charge in [-0.2, -0.15) is 0 Å². The van der Waals surface area contributed by atoms with Gasteiger partial charge in [-0.1, -0.05) is 13.3 Å². The molecule has 0 unspecified atom stereocenters. The molecule has 0 rings (SSSR count). The molecule has 4 nitrogen and oxygen atoms in total. The second-order valence-corrected chi connectivity index (χ2v) is 6.67. The molecule has 5 heteroatoms. The van der Waals surface area contributed by atoms with Crippen LogP contribution in [0.4, 0.5) is 0 Å². The van der Waals surface area contributed by atoms with Crippen molar-refractivity contribution in [2.45, 2.75) is 39.8 Å². The third kappa shape index (κ3) is 12.0. The Balaban J connectivity index is 0. The van der Waals surface area contributed by atoms with Crippen LogP contribution in [0, 0.1) is 0 Å². The second kappa shape index (κ2) is 12.1. The molecular formula is C10H28N2O2Si. The quantitative estimate of drug-likeness (QED) is 0.656. The third-order valence-corrected chi connectivity index (χ3v) is 4.98. The van der Waals surface area contributed by atoms with Crippen molar-refractivity contribution >= 4 is 8.56 Å². The Labute approximate surface area is 95.6 Å². The van der Waals surface area contributed by atoms with Crippen LogP contribution >= 0.6 is 0 Å². The Morgan fingerprint density at radius 3 is 1.53 bits per heavy atom. The highest BCUT2D eigenvalue weighted by molar-refractivity contribution is 6.66. The van der Waals surface area contributed by atoms with Crippen LogP contribution in [-0.2, 0) is 8.85 Å². The molecule has 0 aromatic heterocycles. The fraction of sp³-hybridized carbons (Fsp3) is 1.00. The first kappa shape index (κ1) is 17.5. The van der Waals surface area contributed by atoms with Gasteiger partial charge >= 0.3 is 8.56 Å². The number of rotatable bonds is 7. The van der Waals surface area contributed by atoms with Crippen LogP contribution in [0.2, 0.25) is 12.6 Å². The first-order chi connectivity index (χ1) is 7.10. The molecule has 0 saturated heterocycles. The van der Waals surface area contributed by atoms with Crippen molar-refractivity contribution in [2.75, 3.05) is 26.3 Å². The van der Waals surface area contributed by atoms with Gasteiger partial charge in [0.05, 0.1) is 0 Å². The molecule has 0 fully saturated rings. The summed E-state index contributed by atoms with van der Waals surface area (Å²) in [4.78, 5) is 0. The molecule has 0 aromatic carbocycles. The van der Waals surface area contributed by atoms with Gasteiger partial charge in [-0.25, -0.2) is 0 Å². The van der Waals surface area contributed by atoms with Crippen molar-refractivity contribution < 1.29 is 8.85 Å². The zero-order valence-corrected chi connectivity index (χ0v) is 11.7.